The lowest BCUT2D eigenvalue weighted by Gasteiger charge is -2.23. The quantitative estimate of drug-likeness (QED) is 0.148. The van der Waals surface area contributed by atoms with Crippen LogP contribution in [0.15, 0.2) is 24.3 Å². The Morgan fingerprint density at radius 2 is 1.12 bits per heavy atom. The summed E-state index contributed by atoms with van der Waals surface area (Å²) in [5.74, 6) is 0. The van der Waals surface area contributed by atoms with Gasteiger partial charge < -0.3 is 5.73 Å². The molecule has 0 fully saturated rings. The molecule has 0 amide bonds. The summed E-state index contributed by atoms with van der Waals surface area (Å²) >= 11 is 0. The average Bonchev–Trinajstić information content (AvgIpc) is 2.78. The molecular formula is C28H53NO4S. The fourth-order valence-corrected chi connectivity index (χ4v) is 4.23. The van der Waals surface area contributed by atoms with Gasteiger partial charge in [0, 0.05) is 5.54 Å². The first-order chi connectivity index (χ1) is 16.1. The molecule has 0 saturated heterocycles. The standard InChI is InChI=1S/C27H49N.CH4O4S/c1-4-5-6-7-8-9-10-11-12-13-14-15-16-17-18-19-22-25-23-20-21-24-26(25)27(2,3)28;1-5-6(2,3)4/h20-21,23-24H,4-19,22,28H2,1-3H3;1H3,(H,2,3,4). The third kappa shape index (κ3) is 20.4. The molecule has 34 heavy (non-hydrogen) atoms. The summed E-state index contributed by atoms with van der Waals surface area (Å²) in [5.41, 5.74) is 8.85. The summed E-state index contributed by atoms with van der Waals surface area (Å²) in [6, 6.07) is 8.72. The third-order valence-electron chi connectivity index (χ3n) is 6.22. The maximum atomic E-state index is 9.33. The SMILES string of the molecule is CCCCCCCCCCCCCCCCCCc1ccccc1C(C)(C)N.COS(=O)(=O)O. The molecule has 1 rings (SSSR count). The molecule has 0 aliphatic carbocycles. The van der Waals surface area contributed by atoms with Crippen LogP contribution < -0.4 is 5.73 Å². The largest absolute Gasteiger partial charge is 0.397 e. The first-order valence-corrected chi connectivity index (χ1v) is 14.9. The molecule has 0 radical (unpaired) electrons. The monoisotopic (exact) mass is 499 g/mol. The zero-order valence-electron chi connectivity index (χ0n) is 22.5. The number of hydrogen-bond donors (Lipinski definition) is 2. The predicted octanol–water partition coefficient (Wildman–Crippen LogP) is 8.12. The maximum absolute atomic E-state index is 9.33. The smallest absolute Gasteiger partial charge is 0.322 e. The molecule has 0 spiro atoms. The summed E-state index contributed by atoms with van der Waals surface area (Å²) in [6.45, 7) is 6.52. The summed E-state index contributed by atoms with van der Waals surface area (Å²) in [6.07, 6.45) is 24.0. The van der Waals surface area contributed by atoms with Gasteiger partial charge in [0.25, 0.3) is 0 Å². The molecule has 0 aliphatic rings. The Hall–Kier alpha value is -0.950. The van der Waals surface area contributed by atoms with Gasteiger partial charge in [0.2, 0.25) is 0 Å². The molecule has 6 heteroatoms. The van der Waals surface area contributed by atoms with Crippen LogP contribution >= 0.6 is 0 Å². The van der Waals surface area contributed by atoms with E-state index in [0.717, 1.165) is 7.11 Å². The van der Waals surface area contributed by atoms with Gasteiger partial charge >= 0.3 is 10.4 Å². The van der Waals surface area contributed by atoms with E-state index in [-0.39, 0.29) is 5.54 Å². The van der Waals surface area contributed by atoms with Gasteiger partial charge in [-0.05, 0) is 37.8 Å². The molecule has 0 aromatic heterocycles. The van der Waals surface area contributed by atoms with Crippen LogP contribution in [0, 0.1) is 0 Å². The van der Waals surface area contributed by atoms with Gasteiger partial charge in [0.15, 0.2) is 0 Å². The number of aryl methyl sites for hydroxylation is 1. The van der Waals surface area contributed by atoms with E-state index in [1.807, 2.05) is 0 Å². The van der Waals surface area contributed by atoms with E-state index in [2.05, 4.69) is 49.2 Å². The van der Waals surface area contributed by atoms with Crippen LogP contribution in [0.5, 0.6) is 0 Å². The molecule has 0 saturated carbocycles. The Balaban J connectivity index is 0.00000160. The molecule has 1 aromatic rings. The molecule has 0 atom stereocenters. The number of hydrogen-bond acceptors (Lipinski definition) is 4. The van der Waals surface area contributed by atoms with E-state index in [1.165, 1.54) is 120 Å². The fraction of sp³-hybridized carbons (Fsp3) is 0.786. The highest BCUT2D eigenvalue weighted by Crippen LogP contribution is 2.23. The predicted molar refractivity (Wildman–Crippen MR) is 145 cm³/mol. The topological polar surface area (TPSA) is 89.6 Å². The molecular weight excluding hydrogens is 446 g/mol. The lowest BCUT2D eigenvalue weighted by molar-refractivity contribution is 0.324. The van der Waals surface area contributed by atoms with Crippen molar-refractivity contribution < 1.29 is 17.2 Å². The van der Waals surface area contributed by atoms with Crippen molar-refractivity contribution in [3.8, 4) is 0 Å². The molecule has 5 nitrogen and oxygen atoms in total. The van der Waals surface area contributed by atoms with E-state index in [9.17, 15) is 8.42 Å². The van der Waals surface area contributed by atoms with E-state index in [0.29, 0.717) is 0 Å². The first-order valence-electron chi connectivity index (χ1n) is 13.5. The minimum absolute atomic E-state index is 0.231. The summed E-state index contributed by atoms with van der Waals surface area (Å²) in [5, 5.41) is 0. The van der Waals surface area contributed by atoms with Crippen LogP contribution in [-0.2, 0) is 26.5 Å². The molecule has 0 bridgehead atoms. The highest BCUT2D eigenvalue weighted by atomic mass is 32.3. The van der Waals surface area contributed by atoms with Crippen molar-refractivity contribution >= 4 is 10.4 Å². The number of benzene rings is 1. The van der Waals surface area contributed by atoms with Crippen LogP contribution in [0.4, 0.5) is 0 Å². The van der Waals surface area contributed by atoms with Crippen molar-refractivity contribution in [1.82, 2.24) is 0 Å². The zero-order valence-corrected chi connectivity index (χ0v) is 23.3. The minimum atomic E-state index is -4.16. The molecule has 0 aliphatic heterocycles. The Morgan fingerprint density at radius 3 is 1.47 bits per heavy atom. The third-order valence-corrected chi connectivity index (χ3v) is 6.64. The first kappa shape index (κ1) is 33.0. The highest BCUT2D eigenvalue weighted by molar-refractivity contribution is 7.80. The second-order valence-corrected chi connectivity index (χ2v) is 11.2. The lowest BCUT2D eigenvalue weighted by atomic mass is 9.89. The van der Waals surface area contributed by atoms with E-state index >= 15 is 0 Å². The van der Waals surface area contributed by atoms with Gasteiger partial charge in [0.1, 0.15) is 0 Å². The Morgan fingerprint density at radius 1 is 0.765 bits per heavy atom. The van der Waals surface area contributed by atoms with E-state index < -0.39 is 10.4 Å². The number of rotatable bonds is 19. The van der Waals surface area contributed by atoms with Crippen LogP contribution in [0.3, 0.4) is 0 Å². The van der Waals surface area contributed by atoms with Crippen LogP contribution in [-0.4, -0.2) is 20.1 Å². The second-order valence-electron chi connectivity index (χ2n) is 10.0. The summed E-state index contributed by atoms with van der Waals surface area (Å²) in [7, 11) is -3.29. The van der Waals surface area contributed by atoms with Gasteiger partial charge in [-0.15, -0.1) is 0 Å². The van der Waals surface area contributed by atoms with Crippen LogP contribution in [0.2, 0.25) is 0 Å². The van der Waals surface area contributed by atoms with Gasteiger partial charge in [-0.2, -0.15) is 8.42 Å². The van der Waals surface area contributed by atoms with E-state index in [4.69, 9.17) is 10.3 Å². The fourth-order valence-electron chi connectivity index (χ4n) is 4.23. The van der Waals surface area contributed by atoms with Crippen molar-refractivity contribution in [1.29, 1.82) is 0 Å². The van der Waals surface area contributed by atoms with Gasteiger partial charge in [0.05, 0.1) is 7.11 Å². The molecule has 0 unspecified atom stereocenters. The van der Waals surface area contributed by atoms with Crippen LogP contribution in [0.1, 0.15) is 135 Å². The van der Waals surface area contributed by atoms with Gasteiger partial charge in [-0.3, -0.25) is 8.74 Å². The Kier molecular flexibility index (Phi) is 19.7. The Bertz CT molecular complexity index is 699. The zero-order chi connectivity index (χ0) is 25.7. The van der Waals surface area contributed by atoms with Crippen molar-refractivity contribution in [2.24, 2.45) is 5.73 Å². The second kappa shape index (κ2) is 20.3. The van der Waals surface area contributed by atoms with Gasteiger partial charge in [-0.1, -0.05) is 128 Å². The maximum Gasteiger partial charge on any atom is 0.397 e. The number of unbranched alkanes of at least 4 members (excludes halogenated alkanes) is 15. The summed E-state index contributed by atoms with van der Waals surface area (Å²) < 4.78 is 29.7. The molecule has 1 aromatic carbocycles. The number of nitrogens with two attached hydrogens (primary N) is 1. The normalized spacial score (nSPS) is 11.8. The molecule has 3 N–H and O–H groups in total. The molecule has 200 valence electrons. The van der Waals surface area contributed by atoms with Crippen LogP contribution in [0.25, 0.3) is 0 Å². The van der Waals surface area contributed by atoms with E-state index in [1.54, 1.807) is 0 Å². The molecule has 0 heterocycles. The Labute approximate surface area is 211 Å². The van der Waals surface area contributed by atoms with Gasteiger partial charge in [-0.25, -0.2) is 0 Å². The minimum Gasteiger partial charge on any atom is -0.322 e. The summed E-state index contributed by atoms with van der Waals surface area (Å²) in [4.78, 5) is 0. The average molecular weight is 500 g/mol. The lowest BCUT2D eigenvalue weighted by Crippen LogP contribution is -2.30. The van der Waals surface area contributed by atoms with Crippen molar-refractivity contribution in [2.45, 2.75) is 135 Å². The van der Waals surface area contributed by atoms with Crippen molar-refractivity contribution in [3.05, 3.63) is 35.4 Å². The highest BCUT2D eigenvalue weighted by Gasteiger charge is 2.17. The van der Waals surface area contributed by atoms with Crippen molar-refractivity contribution in [3.63, 3.8) is 0 Å². The van der Waals surface area contributed by atoms with Crippen molar-refractivity contribution in [2.75, 3.05) is 7.11 Å².